The molecule has 1 aliphatic heterocycles. The molecule has 1 unspecified atom stereocenters. The number of likely N-dealkylation sites (tertiary alicyclic amines) is 1. The van der Waals surface area contributed by atoms with Crippen molar-refractivity contribution in [2.24, 2.45) is 0 Å². The van der Waals surface area contributed by atoms with Gasteiger partial charge in [0.1, 0.15) is 11.4 Å². The van der Waals surface area contributed by atoms with E-state index in [1.807, 2.05) is 45.9 Å². The van der Waals surface area contributed by atoms with Crippen LogP contribution in [0.15, 0.2) is 18.2 Å². The third-order valence-corrected chi connectivity index (χ3v) is 4.00. The number of anilines is 1. The van der Waals surface area contributed by atoms with Gasteiger partial charge in [0.05, 0.1) is 6.61 Å². The van der Waals surface area contributed by atoms with Gasteiger partial charge in [-0.3, -0.25) is 4.90 Å². The van der Waals surface area contributed by atoms with Gasteiger partial charge in [-0.1, -0.05) is 0 Å². The average molecular weight is 349 g/mol. The van der Waals surface area contributed by atoms with Crippen molar-refractivity contribution in [1.29, 1.82) is 0 Å². The number of carbonyl (C=O) groups excluding carboxylic acids is 1. The largest absolute Gasteiger partial charge is 0.494 e. The van der Waals surface area contributed by atoms with E-state index in [0.717, 1.165) is 49.5 Å². The quantitative estimate of drug-likeness (QED) is 0.799. The van der Waals surface area contributed by atoms with Crippen molar-refractivity contribution in [3.8, 4) is 5.75 Å². The molecular formula is C19H31N3O3. The van der Waals surface area contributed by atoms with E-state index in [9.17, 15) is 4.79 Å². The maximum Gasteiger partial charge on any atom is 0.407 e. The highest BCUT2D eigenvalue weighted by atomic mass is 16.6. The van der Waals surface area contributed by atoms with Crippen molar-refractivity contribution in [2.45, 2.75) is 58.7 Å². The molecule has 0 saturated carbocycles. The molecule has 1 amide bonds. The summed E-state index contributed by atoms with van der Waals surface area (Å²) in [7, 11) is 0. The molecule has 1 saturated heterocycles. The summed E-state index contributed by atoms with van der Waals surface area (Å²) in [4.78, 5) is 14.3. The van der Waals surface area contributed by atoms with Gasteiger partial charge in [-0.2, -0.15) is 0 Å². The maximum atomic E-state index is 12.0. The highest BCUT2D eigenvalue weighted by molar-refractivity contribution is 5.68. The summed E-state index contributed by atoms with van der Waals surface area (Å²) in [6, 6.07) is 5.85. The van der Waals surface area contributed by atoms with Gasteiger partial charge in [-0.05, 0) is 65.3 Å². The van der Waals surface area contributed by atoms with Crippen LogP contribution < -0.4 is 15.8 Å². The van der Waals surface area contributed by atoms with Crippen LogP contribution in [0.3, 0.4) is 0 Å². The van der Waals surface area contributed by atoms with Gasteiger partial charge < -0.3 is 20.5 Å². The highest BCUT2D eigenvalue weighted by Gasteiger charge is 2.24. The van der Waals surface area contributed by atoms with Gasteiger partial charge in [0, 0.05) is 30.4 Å². The fraction of sp³-hybridized carbons (Fsp3) is 0.632. The second kappa shape index (κ2) is 8.43. The summed E-state index contributed by atoms with van der Waals surface area (Å²) >= 11 is 0. The molecule has 140 valence electrons. The lowest BCUT2D eigenvalue weighted by Gasteiger charge is -2.34. The zero-order valence-corrected chi connectivity index (χ0v) is 15.8. The Labute approximate surface area is 150 Å². The molecule has 0 bridgehead atoms. The molecule has 1 aromatic carbocycles. The zero-order valence-electron chi connectivity index (χ0n) is 15.8. The molecule has 1 atom stereocenters. The van der Waals surface area contributed by atoms with E-state index in [1.54, 1.807) is 0 Å². The van der Waals surface area contributed by atoms with Crippen molar-refractivity contribution < 1.29 is 14.3 Å². The Balaban J connectivity index is 1.95. The van der Waals surface area contributed by atoms with Gasteiger partial charge in [0.15, 0.2) is 0 Å². The predicted molar refractivity (Wildman–Crippen MR) is 99.7 cm³/mol. The Morgan fingerprint density at radius 2 is 2.16 bits per heavy atom. The Kier molecular flexibility index (Phi) is 6.53. The molecule has 1 aromatic rings. The molecular weight excluding hydrogens is 318 g/mol. The van der Waals surface area contributed by atoms with E-state index in [-0.39, 0.29) is 12.1 Å². The van der Waals surface area contributed by atoms with E-state index in [4.69, 9.17) is 15.2 Å². The van der Waals surface area contributed by atoms with Crippen LogP contribution in [0.5, 0.6) is 5.75 Å². The lowest BCUT2D eigenvalue weighted by Crippen LogP contribution is -2.48. The van der Waals surface area contributed by atoms with E-state index in [0.29, 0.717) is 6.61 Å². The van der Waals surface area contributed by atoms with Gasteiger partial charge in [-0.15, -0.1) is 0 Å². The molecule has 1 aliphatic rings. The monoisotopic (exact) mass is 349 g/mol. The molecule has 0 aromatic heterocycles. The van der Waals surface area contributed by atoms with Crippen molar-refractivity contribution in [3.05, 3.63) is 23.8 Å². The standard InChI is InChI=1S/C19H31N3O3/c1-5-24-17-9-8-15(20)11-14(17)12-22-10-6-7-16(13-22)21-18(23)25-19(2,3)4/h8-9,11,16H,5-7,10,12-13,20H2,1-4H3,(H,21,23). The molecule has 3 N–H and O–H groups in total. The fourth-order valence-electron chi connectivity index (χ4n) is 3.05. The SMILES string of the molecule is CCOc1ccc(N)cc1CN1CCCC(NC(=O)OC(C)(C)C)C1. The summed E-state index contributed by atoms with van der Waals surface area (Å²) < 4.78 is 11.1. The third kappa shape index (κ3) is 6.46. The third-order valence-electron chi connectivity index (χ3n) is 4.00. The zero-order chi connectivity index (χ0) is 18.4. The number of hydrogen-bond donors (Lipinski definition) is 2. The number of piperidine rings is 1. The summed E-state index contributed by atoms with van der Waals surface area (Å²) in [5.74, 6) is 0.874. The highest BCUT2D eigenvalue weighted by Crippen LogP contribution is 2.24. The Morgan fingerprint density at radius 3 is 2.84 bits per heavy atom. The van der Waals surface area contributed by atoms with Gasteiger partial charge in [0.25, 0.3) is 0 Å². The van der Waals surface area contributed by atoms with Crippen LogP contribution >= 0.6 is 0 Å². The molecule has 1 heterocycles. The second-order valence-electron chi connectivity index (χ2n) is 7.52. The van der Waals surface area contributed by atoms with E-state index in [1.165, 1.54) is 0 Å². The maximum absolute atomic E-state index is 12.0. The van der Waals surface area contributed by atoms with E-state index >= 15 is 0 Å². The number of nitrogens with zero attached hydrogens (tertiary/aromatic N) is 1. The molecule has 0 radical (unpaired) electrons. The molecule has 6 nitrogen and oxygen atoms in total. The molecule has 2 rings (SSSR count). The Bertz CT molecular complexity index is 584. The van der Waals surface area contributed by atoms with Crippen molar-refractivity contribution in [2.75, 3.05) is 25.4 Å². The summed E-state index contributed by atoms with van der Waals surface area (Å²) in [5, 5.41) is 2.98. The second-order valence-corrected chi connectivity index (χ2v) is 7.52. The minimum atomic E-state index is -0.480. The van der Waals surface area contributed by atoms with Crippen molar-refractivity contribution in [3.63, 3.8) is 0 Å². The Hall–Kier alpha value is -1.95. The number of nitrogens with one attached hydrogen (secondary N) is 1. The summed E-state index contributed by atoms with van der Waals surface area (Å²) in [6.45, 7) is 10.7. The summed E-state index contributed by atoms with van der Waals surface area (Å²) in [5.41, 5.74) is 7.27. The first kappa shape index (κ1) is 19.4. The number of hydrogen-bond acceptors (Lipinski definition) is 5. The normalized spacial score (nSPS) is 18.6. The number of nitrogen functional groups attached to an aromatic ring is 1. The van der Waals surface area contributed by atoms with Crippen LogP contribution in [-0.2, 0) is 11.3 Å². The fourth-order valence-corrected chi connectivity index (χ4v) is 3.05. The number of ether oxygens (including phenoxy) is 2. The molecule has 6 heteroatoms. The number of carbonyl (C=O) groups is 1. The van der Waals surface area contributed by atoms with Crippen LogP contribution in [0.2, 0.25) is 0 Å². The number of rotatable bonds is 5. The Morgan fingerprint density at radius 1 is 1.40 bits per heavy atom. The van der Waals surface area contributed by atoms with E-state index in [2.05, 4.69) is 10.2 Å². The summed E-state index contributed by atoms with van der Waals surface area (Å²) in [6.07, 6.45) is 1.65. The van der Waals surface area contributed by atoms with Gasteiger partial charge >= 0.3 is 6.09 Å². The number of amides is 1. The number of alkyl carbamates (subject to hydrolysis) is 1. The lowest BCUT2D eigenvalue weighted by molar-refractivity contribution is 0.0470. The number of benzene rings is 1. The topological polar surface area (TPSA) is 76.8 Å². The predicted octanol–water partition coefficient (Wildman–Crippen LogP) is 3.16. The van der Waals surface area contributed by atoms with E-state index < -0.39 is 5.60 Å². The van der Waals surface area contributed by atoms with Gasteiger partial charge in [0.2, 0.25) is 0 Å². The molecule has 1 fully saturated rings. The molecule has 0 spiro atoms. The first-order valence-corrected chi connectivity index (χ1v) is 9.00. The van der Waals surface area contributed by atoms with Crippen LogP contribution in [0, 0.1) is 0 Å². The molecule has 25 heavy (non-hydrogen) atoms. The molecule has 0 aliphatic carbocycles. The minimum absolute atomic E-state index is 0.0974. The number of nitrogens with two attached hydrogens (primary N) is 1. The van der Waals surface area contributed by atoms with Crippen LogP contribution in [0.4, 0.5) is 10.5 Å². The van der Waals surface area contributed by atoms with Crippen molar-refractivity contribution in [1.82, 2.24) is 10.2 Å². The smallest absolute Gasteiger partial charge is 0.407 e. The van der Waals surface area contributed by atoms with Crippen LogP contribution in [-0.4, -0.2) is 42.3 Å². The first-order chi connectivity index (χ1) is 11.8. The average Bonchev–Trinajstić information content (AvgIpc) is 2.48. The van der Waals surface area contributed by atoms with Crippen molar-refractivity contribution >= 4 is 11.8 Å². The van der Waals surface area contributed by atoms with Crippen LogP contribution in [0.1, 0.15) is 46.1 Å². The first-order valence-electron chi connectivity index (χ1n) is 9.00. The lowest BCUT2D eigenvalue weighted by atomic mass is 10.0. The van der Waals surface area contributed by atoms with Gasteiger partial charge in [-0.25, -0.2) is 4.79 Å². The minimum Gasteiger partial charge on any atom is -0.494 e. The van der Waals surface area contributed by atoms with Crippen LogP contribution in [0.25, 0.3) is 0 Å².